The molecule has 2 aromatic carbocycles. The van der Waals surface area contributed by atoms with Crippen LogP contribution in [0.15, 0.2) is 134 Å². The van der Waals surface area contributed by atoms with E-state index in [-0.39, 0.29) is 17.5 Å². The van der Waals surface area contributed by atoms with Gasteiger partial charge in [0.15, 0.2) is 24.0 Å². The number of ketones is 2. The summed E-state index contributed by atoms with van der Waals surface area (Å²) in [6.45, 7) is 3.46. The topological polar surface area (TPSA) is 191 Å². The third kappa shape index (κ3) is 11.1. The second-order valence-corrected chi connectivity index (χ2v) is 10.6. The molecule has 13 nitrogen and oxygen atoms in total. The molecule has 4 heterocycles. The molecule has 6 aromatic rings. The lowest BCUT2D eigenvalue weighted by atomic mass is 10.1. The Bertz CT molecular complexity index is 2060. The van der Waals surface area contributed by atoms with Crippen molar-refractivity contribution >= 4 is 34.8 Å². The molecule has 13 heteroatoms. The number of nitrogen functional groups attached to an aromatic ring is 1. The average Bonchev–Trinajstić information content (AvgIpc) is 3.13. The Morgan fingerprint density at radius 1 is 0.800 bits per heavy atom. The number of Topliss-reactive ketones (excluding diaryl/α,β-unsaturated/α-hetero) is 2. The van der Waals surface area contributed by atoms with Gasteiger partial charge in [-0.15, -0.1) is 0 Å². The van der Waals surface area contributed by atoms with Crippen molar-refractivity contribution in [1.29, 1.82) is 0 Å². The van der Waals surface area contributed by atoms with E-state index in [9.17, 15) is 19.6 Å². The highest BCUT2D eigenvalue weighted by molar-refractivity contribution is 6.05. The number of nitrogens with two attached hydrogens (primary N) is 1. The molecular weight excluding hydrogens is 636 g/mol. The number of carbonyl (C=O) groups excluding carboxylic acids is 3. The molecule has 0 fully saturated rings. The van der Waals surface area contributed by atoms with E-state index in [1.165, 1.54) is 38.6 Å². The summed E-state index contributed by atoms with van der Waals surface area (Å²) in [5, 5.41) is 26.3. The maximum Gasteiger partial charge on any atom is 0.255 e. The molecule has 0 atom stereocenters. The van der Waals surface area contributed by atoms with Gasteiger partial charge in [-0.2, -0.15) is 4.73 Å². The minimum atomic E-state index is -0.230. The number of rotatable bonds is 8. The van der Waals surface area contributed by atoms with Gasteiger partial charge in [0.1, 0.15) is 0 Å². The van der Waals surface area contributed by atoms with Gasteiger partial charge in [-0.1, -0.05) is 24.3 Å². The van der Waals surface area contributed by atoms with E-state index in [4.69, 9.17) is 10.9 Å². The first-order valence-electron chi connectivity index (χ1n) is 15.2. The zero-order valence-electron chi connectivity index (χ0n) is 27.3. The summed E-state index contributed by atoms with van der Waals surface area (Å²) in [5.41, 5.74) is 11.0. The average molecular weight is 672 g/mol. The van der Waals surface area contributed by atoms with Crippen molar-refractivity contribution in [3.05, 3.63) is 162 Å². The van der Waals surface area contributed by atoms with E-state index in [1.54, 1.807) is 79.3 Å². The van der Waals surface area contributed by atoms with Gasteiger partial charge in [-0.25, -0.2) is 9.97 Å². The van der Waals surface area contributed by atoms with Crippen molar-refractivity contribution in [2.24, 2.45) is 0 Å². The lowest BCUT2D eigenvalue weighted by Crippen LogP contribution is -2.29. The molecule has 4 aromatic heterocycles. The molecule has 0 spiro atoms. The third-order valence-corrected chi connectivity index (χ3v) is 6.86. The van der Waals surface area contributed by atoms with Crippen LogP contribution in [0, 0.1) is 5.21 Å². The van der Waals surface area contributed by atoms with Crippen molar-refractivity contribution in [3.63, 3.8) is 0 Å². The Hall–Kier alpha value is -7.02. The highest BCUT2D eigenvalue weighted by Gasteiger charge is 2.09. The number of pyridine rings is 3. The quantitative estimate of drug-likeness (QED) is 0.0568. The number of aromatic nitrogens is 5. The van der Waals surface area contributed by atoms with Crippen LogP contribution >= 0.6 is 0 Å². The van der Waals surface area contributed by atoms with Crippen molar-refractivity contribution in [2.75, 3.05) is 16.4 Å². The minimum Gasteiger partial charge on any atom is -0.619 e. The molecule has 6 rings (SSSR count). The van der Waals surface area contributed by atoms with Crippen LogP contribution in [0.3, 0.4) is 0 Å². The Labute approximate surface area is 288 Å². The van der Waals surface area contributed by atoms with E-state index in [2.05, 4.69) is 25.6 Å². The number of anilines is 3. The van der Waals surface area contributed by atoms with E-state index in [0.29, 0.717) is 51.8 Å². The number of benzene rings is 2. The van der Waals surface area contributed by atoms with Gasteiger partial charge in [0.05, 0.1) is 28.2 Å². The van der Waals surface area contributed by atoms with Gasteiger partial charge >= 0.3 is 0 Å². The van der Waals surface area contributed by atoms with Crippen LogP contribution < -0.4 is 25.8 Å². The normalized spacial score (nSPS) is 9.96. The number of hydrogen-bond donors (Lipinski definition) is 4. The zero-order chi connectivity index (χ0) is 35.9. The second kappa shape index (κ2) is 17.8. The summed E-state index contributed by atoms with van der Waals surface area (Å²) in [6.07, 6.45) is 10.5. The van der Waals surface area contributed by atoms with Crippen molar-refractivity contribution in [3.8, 4) is 11.3 Å². The Morgan fingerprint density at radius 3 is 2.14 bits per heavy atom. The van der Waals surface area contributed by atoms with Crippen LogP contribution in [-0.4, -0.2) is 37.6 Å². The molecule has 50 heavy (non-hydrogen) atoms. The highest BCUT2D eigenvalue weighted by atomic mass is 16.5. The summed E-state index contributed by atoms with van der Waals surface area (Å²) < 4.78 is 1.59. The van der Waals surface area contributed by atoms with Crippen LogP contribution in [0.25, 0.3) is 11.3 Å². The molecule has 252 valence electrons. The minimum absolute atomic E-state index is 0.0524. The molecule has 0 saturated carbocycles. The number of amides is 1. The predicted molar refractivity (Wildman–Crippen MR) is 187 cm³/mol. The first-order valence-corrected chi connectivity index (χ1v) is 15.2. The number of carbonyl (C=O) groups is 3. The van der Waals surface area contributed by atoms with Gasteiger partial charge in [0, 0.05) is 53.1 Å². The molecule has 0 aliphatic heterocycles. The second-order valence-electron chi connectivity index (χ2n) is 10.6. The fraction of sp³-hybridized carbons (Fsp3) is 0.0811. The van der Waals surface area contributed by atoms with Crippen LogP contribution in [0.5, 0.6) is 0 Å². The maximum atomic E-state index is 12.4. The summed E-state index contributed by atoms with van der Waals surface area (Å²) in [7, 11) is 0. The van der Waals surface area contributed by atoms with Crippen molar-refractivity contribution in [1.82, 2.24) is 15.0 Å². The van der Waals surface area contributed by atoms with Gasteiger partial charge < -0.3 is 21.6 Å². The van der Waals surface area contributed by atoms with E-state index < -0.39 is 0 Å². The smallest absolute Gasteiger partial charge is 0.255 e. The summed E-state index contributed by atoms with van der Waals surface area (Å²) in [5.74, 6) is 0.221. The van der Waals surface area contributed by atoms with Crippen LogP contribution in [-0.2, 0) is 6.54 Å². The van der Waals surface area contributed by atoms with Gasteiger partial charge in [0.2, 0.25) is 18.3 Å². The van der Waals surface area contributed by atoms with Gasteiger partial charge in [0.25, 0.3) is 5.91 Å². The lowest BCUT2D eigenvalue weighted by Gasteiger charge is -2.09. The molecule has 0 radical (unpaired) electrons. The maximum absolute atomic E-state index is 12.4. The van der Waals surface area contributed by atoms with Gasteiger partial charge in [-0.3, -0.25) is 24.6 Å². The molecule has 1 amide bonds. The van der Waals surface area contributed by atoms with Gasteiger partial charge in [-0.05, 0) is 74.0 Å². The van der Waals surface area contributed by atoms with Crippen molar-refractivity contribution < 1.29 is 29.1 Å². The predicted octanol–water partition coefficient (Wildman–Crippen LogP) is 4.92. The standard InChI is InChI=1S/C23H20N6O2.C7H8NO2.C7H7NO/c24-19-5-1-2-6-21(19)27-22(30)17-9-7-16(8-10-17)14-26-23-25-12-11-20(28-23)18-4-3-13-29(31)15-18;1-6(9)7-3-2-4-8(10)5-7;1-6(9)7-3-2-4-8-5-7/h1-13,15H,14,24H2,(H,27,30)(H,25,26,28);2-5,10H,1H3;2-5H,1H3/q;+1;. The SMILES string of the molecule is CC(=O)c1ccc[n+](O)c1.CC(=O)c1cccnc1.Nc1ccccc1NC(=O)c1ccc(CNc2nccc(-c3ccc[n+]([O-])c3)n2)cc1. The molecule has 5 N–H and O–H groups in total. The summed E-state index contributed by atoms with van der Waals surface area (Å²) in [4.78, 5) is 46.2. The Kier molecular flexibility index (Phi) is 12.7. The van der Waals surface area contributed by atoms with Crippen LogP contribution in [0.4, 0.5) is 17.3 Å². The fourth-order valence-corrected chi connectivity index (χ4v) is 4.21. The molecule has 0 bridgehead atoms. The van der Waals surface area contributed by atoms with E-state index >= 15 is 0 Å². The van der Waals surface area contributed by atoms with Crippen LogP contribution in [0.1, 0.15) is 50.5 Å². The highest BCUT2D eigenvalue weighted by Crippen LogP contribution is 2.19. The number of nitrogens with one attached hydrogen (secondary N) is 2. The molecule has 0 aliphatic carbocycles. The molecule has 0 unspecified atom stereocenters. The first-order chi connectivity index (χ1) is 24.1. The monoisotopic (exact) mass is 671 g/mol. The Morgan fingerprint density at radius 2 is 1.52 bits per heavy atom. The van der Waals surface area contributed by atoms with Crippen molar-refractivity contribution in [2.45, 2.75) is 20.4 Å². The summed E-state index contributed by atoms with van der Waals surface area (Å²) >= 11 is 0. The largest absolute Gasteiger partial charge is 0.619 e. The zero-order valence-corrected chi connectivity index (χ0v) is 27.3. The third-order valence-electron chi connectivity index (χ3n) is 6.86. The molecular formula is C37H35N8O5+. The molecule has 0 saturated heterocycles. The number of hydrogen-bond acceptors (Lipinski definition) is 10. The number of nitrogens with zero attached hydrogens (tertiary/aromatic N) is 5. The van der Waals surface area contributed by atoms with E-state index in [0.717, 1.165) is 15.0 Å². The van der Waals surface area contributed by atoms with Crippen LogP contribution in [0.2, 0.25) is 0 Å². The number of para-hydroxylation sites is 2. The van der Waals surface area contributed by atoms with E-state index in [1.807, 2.05) is 30.3 Å². The Balaban J connectivity index is 0.000000239. The lowest BCUT2D eigenvalue weighted by molar-refractivity contribution is -0.904. The molecule has 0 aliphatic rings. The fourth-order valence-electron chi connectivity index (χ4n) is 4.21. The summed E-state index contributed by atoms with van der Waals surface area (Å²) in [6, 6.07) is 26.3. The first kappa shape index (κ1) is 35.8.